The Hall–Kier alpha value is -1.56. The summed E-state index contributed by atoms with van der Waals surface area (Å²) in [6.07, 6.45) is 7.68. The number of ether oxygens (including phenoxy) is 1. The van der Waals surface area contributed by atoms with Crippen LogP contribution < -0.4 is 5.32 Å². The fraction of sp³-hybridized carbons (Fsp3) is 0.778. The number of hydrogen-bond acceptors (Lipinski definition) is 3. The average molecular weight is 335 g/mol. The molecular formula is C18H33N5O. The number of guanidine groups is 1. The topological polar surface area (TPSA) is 54.7 Å². The third-order valence-electron chi connectivity index (χ3n) is 4.25. The number of aryl methyl sites for hydroxylation is 1. The molecule has 1 aliphatic heterocycles. The first-order valence-electron chi connectivity index (χ1n) is 9.23. The van der Waals surface area contributed by atoms with Crippen molar-refractivity contribution < 1.29 is 4.74 Å². The molecule has 1 fully saturated rings. The summed E-state index contributed by atoms with van der Waals surface area (Å²) < 4.78 is 7.75. The van der Waals surface area contributed by atoms with Crippen LogP contribution in [0, 0.1) is 5.92 Å². The normalized spacial score (nSPS) is 19.1. The van der Waals surface area contributed by atoms with Gasteiger partial charge in [-0.1, -0.05) is 26.7 Å². The SMILES string of the molecule is CCNC(=NCCCCC(C)C)N1CCOC(c2cnn(C)c2)C1. The van der Waals surface area contributed by atoms with Crippen LogP contribution in [0.5, 0.6) is 0 Å². The molecule has 0 bridgehead atoms. The summed E-state index contributed by atoms with van der Waals surface area (Å²) in [5.41, 5.74) is 1.13. The van der Waals surface area contributed by atoms with Crippen molar-refractivity contribution >= 4 is 5.96 Å². The van der Waals surface area contributed by atoms with E-state index < -0.39 is 0 Å². The second-order valence-corrected chi connectivity index (χ2v) is 6.88. The third-order valence-corrected chi connectivity index (χ3v) is 4.25. The van der Waals surface area contributed by atoms with Gasteiger partial charge < -0.3 is 15.0 Å². The van der Waals surface area contributed by atoms with E-state index in [4.69, 9.17) is 9.73 Å². The third kappa shape index (κ3) is 5.82. The fourth-order valence-corrected chi connectivity index (χ4v) is 2.92. The van der Waals surface area contributed by atoms with Crippen LogP contribution in [0.4, 0.5) is 0 Å². The molecule has 1 N–H and O–H groups in total. The average Bonchev–Trinajstić information content (AvgIpc) is 3.00. The van der Waals surface area contributed by atoms with Gasteiger partial charge in [-0.15, -0.1) is 0 Å². The predicted molar refractivity (Wildman–Crippen MR) is 98.1 cm³/mol. The zero-order valence-electron chi connectivity index (χ0n) is 15.7. The van der Waals surface area contributed by atoms with Gasteiger partial charge in [-0.05, 0) is 19.3 Å². The second-order valence-electron chi connectivity index (χ2n) is 6.88. The predicted octanol–water partition coefficient (Wildman–Crippen LogP) is 2.59. The number of nitrogens with one attached hydrogen (secondary N) is 1. The second kappa shape index (κ2) is 9.67. The van der Waals surface area contributed by atoms with Crippen molar-refractivity contribution in [1.29, 1.82) is 0 Å². The molecule has 136 valence electrons. The van der Waals surface area contributed by atoms with Crippen LogP contribution in [0.2, 0.25) is 0 Å². The molecule has 0 aromatic carbocycles. The first-order chi connectivity index (χ1) is 11.6. The Labute approximate surface area is 146 Å². The molecule has 0 aliphatic carbocycles. The Kier molecular flexibility index (Phi) is 7.56. The molecule has 24 heavy (non-hydrogen) atoms. The van der Waals surface area contributed by atoms with Crippen molar-refractivity contribution in [1.82, 2.24) is 20.0 Å². The smallest absolute Gasteiger partial charge is 0.194 e. The Bertz CT molecular complexity index is 511. The highest BCUT2D eigenvalue weighted by Crippen LogP contribution is 2.21. The molecule has 0 amide bonds. The molecule has 1 aromatic rings. The van der Waals surface area contributed by atoms with Crippen LogP contribution >= 0.6 is 0 Å². The summed E-state index contributed by atoms with van der Waals surface area (Å²) in [6, 6.07) is 0. The van der Waals surface area contributed by atoms with Gasteiger partial charge in [0.25, 0.3) is 0 Å². The van der Waals surface area contributed by atoms with Gasteiger partial charge >= 0.3 is 0 Å². The van der Waals surface area contributed by atoms with Gasteiger partial charge in [0.05, 0.1) is 19.3 Å². The minimum Gasteiger partial charge on any atom is -0.370 e. The van der Waals surface area contributed by atoms with Crippen LogP contribution in [0.15, 0.2) is 17.4 Å². The summed E-state index contributed by atoms with van der Waals surface area (Å²) in [7, 11) is 1.94. The van der Waals surface area contributed by atoms with E-state index in [9.17, 15) is 0 Å². The van der Waals surface area contributed by atoms with E-state index in [1.807, 2.05) is 24.1 Å². The maximum Gasteiger partial charge on any atom is 0.194 e. The van der Waals surface area contributed by atoms with E-state index in [1.54, 1.807) is 0 Å². The van der Waals surface area contributed by atoms with Crippen molar-refractivity contribution in [2.75, 3.05) is 32.8 Å². The Morgan fingerprint density at radius 2 is 2.29 bits per heavy atom. The number of unbranched alkanes of at least 4 members (excludes halogenated alkanes) is 1. The fourth-order valence-electron chi connectivity index (χ4n) is 2.92. The van der Waals surface area contributed by atoms with Crippen molar-refractivity contribution in [3.63, 3.8) is 0 Å². The van der Waals surface area contributed by atoms with Gasteiger partial charge in [0.2, 0.25) is 0 Å². The molecule has 1 unspecified atom stereocenters. The molecule has 1 atom stereocenters. The van der Waals surface area contributed by atoms with Crippen molar-refractivity contribution in [2.45, 2.75) is 46.1 Å². The van der Waals surface area contributed by atoms with Gasteiger partial charge in [-0.2, -0.15) is 5.10 Å². The molecule has 1 saturated heterocycles. The maximum absolute atomic E-state index is 5.93. The first-order valence-corrected chi connectivity index (χ1v) is 9.23. The van der Waals surface area contributed by atoms with Gasteiger partial charge in [0.15, 0.2) is 5.96 Å². The van der Waals surface area contributed by atoms with Crippen molar-refractivity contribution in [3.05, 3.63) is 18.0 Å². The number of morpholine rings is 1. The Morgan fingerprint density at radius 3 is 2.96 bits per heavy atom. The van der Waals surface area contributed by atoms with Crippen LogP contribution in [0.1, 0.15) is 51.7 Å². The van der Waals surface area contributed by atoms with E-state index in [-0.39, 0.29) is 6.10 Å². The van der Waals surface area contributed by atoms with E-state index in [0.29, 0.717) is 0 Å². The molecular weight excluding hydrogens is 302 g/mol. The van der Waals surface area contributed by atoms with Gasteiger partial charge in [-0.3, -0.25) is 9.67 Å². The minimum atomic E-state index is 0.0669. The lowest BCUT2D eigenvalue weighted by Crippen LogP contribution is -2.48. The largest absolute Gasteiger partial charge is 0.370 e. The van der Waals surface area contributed by atoms with Gasteiger partial charge in [0.1, 0.15) is 6.10 Å². The highest BCUT2D eigenvalue weighted by molar-refractivity contribution is 5.80. The van der Waals surface area contributed by atoms with Crippen molar-refractivity contribution in [3.8, 4) is 0 Å². The molecule has 1 aromatic heterocycles. The molecule has 0 spiro atoms. The molecule has 0 radical (unpaired) electrons. The van der Waals surface area contributed by atoms with Crippen LogP contribution in [0.25, 0.3) is 0 Å². The lowest BCUT2D eigenvalue weighted by Gasteiger charge is -2.34. The number of aromatic nitrogens is 2. The highest BCUT2D eigenvalue weighted by Gasteiger charge is 2.25. The summed E-state index contributed by atoms with van der Waals surface area (Å²) in [4.78, 5) is 7.13. The number of nitrogens with zero attached hydrogens (tertiary/aromatic N) is 4. The van der Waals surface area contributed by atoms with Crippen molar-refractivity contribution in [2.24, 2.45) is 18.0 Å². The molecule has 6 heteroatoms. The standard InChI is InChI=1S/C18H33N5O/c1-5-19-18(20-9-7-6-8-15(2)3)23-10-11-24-17(14-23)16-12-21-22(4)13-16/h12-13,15,17H,5-11,14H2,1-4H3,(H,19,20). The zero-order chi connectivity index (χ0) is 17.4. The number of rotatable bonds is 7. The summed E-state index contributed by atoms with van der Waals surface area (Å²) >= 11 is 0. The molecule has 2 heterocycles. The zero-order valence-corrected chi connectivity index (χ0v) is 15.7. The van der Waals surface area contributed by atoms with Crippen LogP contribution in [-0.4, -0.2) is 53.4 Å². The number of hydrogen-bond donors (Lipinski definition) is 1. The molecule has 2 rings (SSSR count). The maximum atomic E-state index is 5.93. The van der Waals surface area contributed by atoms with Crippen LogP contribution in [0.3, 0.4) is 0 Å². The summed E-state index contributed by atoms with van der Waals surface area (Å²) in [5, 5.41) is 7.68. The van der Waals surface area contributed by atoms with Gasteiger partial charge in [-0.25, -0.2) is 0 Å². The Balaban J connectivity index is 1.91. The first kappa shape index (κ1) is 18.8. The summed E-state index contributed by atoms with van der Waals surface area (Å²) in [6.45, 7) is 10.9. The van der Waals surface area contributed by atoms with E-state index >= 15 is 0 Å². The Morgan fingerprint density at radius 1 is 1.46 bits per heavy atom. The van der Waals surface area contributed by atoms with Crippen LogP contribution in [-0.2, 0) is 11.8 Å². The number of aliphatic imine (C=N–C) groups is 1. The summed E-state index contributed by atoms with van der Waals surface area (Å²) in [5.74, 6) is 1.79. The molecule has 1 aliphatic rings. The minimum absolute atomic E-state index is 0.0669. The highest BCUT2D eigenvalue weighted by atomic mass is 16.5. The monoisotopic (exact) mass is 335 g/mol. The lowest BCUT2D eigenvalue weighted by molar-refractivity contribution is -0.00804. The van der Waals surface area contributed by atoms with Gasteiger partial charge in [0, 0.05) is 38.4 Å². The van der Waals surface area contributed by atoms with E-state index in [2.05, 4.69) is 36.1 Å². The lowest BCUT2D eigenvalue weighted by atomic mass is 10.1. The molecule has 0 saturated carbocycles. The van der Waals surface area contributed by atoms with E-state index in [0.717, 1.165) is 56.6 Å². The molecule has 6 nitrogen and oxygen atoms in total. The quantitative estimate of drug-likeness (QED) is 0.473. The van der Waals surface area contributed by atoms with E-state index in [1.165, 1.54) is 12.8 Å².